The van der Waals surface area contributed by atoms with E-state index in [9.17, 15) is 4.79 Å². The van der Waals surface area contributed by atoms with Gasteiger partial charge in [-0.2, -0.15) is 0 Å². The second kappa shape index (κ2) is 5.29. The highest BCUT2D eigenvalue weighted by molar-refractivity contribution is 5.87. The van der Waals surface area contributed by atoms with Gasteiger partial charge in [0.2, 0.25) is 0 Å². The zero-order valence-corrected chi connectivity index (χ0v) is 14.6. The number of hydrogen-bond donors (Lipinski definition) is 0. The maximum absolute atomic E-state index is 12.4. The van der Waals surface area contributed by atoms with Crippen LogP contribution >= 0.6 is 0 Å². The first-order valence-electron chi connectivity index (χ1n) is 9.08. The number of ether oxygens (including phenoxy) is 2. The number of carbonyl (C=O) groups is 1. The van der Waals surface area contributed by atoms with E-state index in [0.717, 1.165) is 44.9 Å². The predicted octanol–water partition coefficient (Wildman–Crippen LogP) is 4.18. The first-order chi connectivity index (χ1) is 11.0. The Bertz CT molecular complexity index is 596. The smallest absolute Gasteiger partial charge is 0.171 e. The Balaban J connectivity index is 1.68. The van der Waals surface area contributed by atoms with Crippen LogP contribution in [0, 0.1) is 17.3 Å². The normalized spacial score (nSPS) is 38.7. The Morgan fingerprint density at radius 1 is 1.13 bits per heavy atom. The van der Waals surface area contributed by atoms with Crippen LogP contribution in [-0.4, -0.2) is 25.8 Å². The van der Waals surface area contributed by atoms with Crippen molar-refractivity contribution in [1.29, 1.82) is 0 Å². The van der Waals surface area contributed by atoms with Crippen LogP contribution in [0.2, 0.25) is 0 Å². The molecule has 0 aromatic heterocycles. The van der Waals surface area contributed by atoms with E-state index < -0.39 is 5.79 Å². The fraction of sp³-hybridized carbons (Fsp3) is 0.750. The van der Waals surface area contributed by atoms with Gasteiger partial charge < -0.3 is 9.47 Å². The first-order valence-corrected chi connectivity index (χ1v) is 9.08. The van der Waals surface area contributed by atoms with E-state index in [1.54, 1.807) is 25.4 Å². The Labute approximate surface area is 139 Å². The fourth-order valence-electron chi connectivity index (χ4n) is 5.76. The van der Waals surface area contributed by atoms with Crippen molar-refractivity contribution < 1.29 is 14.3 Å². The molecule has 1 fully saturated rings. The van der Waals surface area contributed by atoms with Crippen molar-refractivity contribution in [3.05, 3.63) is 22.8 Å². The zero-order valence-electron chi connectivity index (χ0n) is 14.6. The second-order valence-corrected chi connectivity index (χ2v) is 8.07. The fourth-order valence-corrected chi connectivity index (χ4v) is 5.76. The molecule has 0 heterocycles. The highest BCUT2D eigenvalue weighted by atomic mass is 16.7. The molecule has 0 bridgehead atoms. The summed E-state index contributed by atoms with van der Waals surface area (Å²) in [6, 6.07) is 0. The molecule has 0 radical (unpaired) electrons. The zero-order chi connectivity index (χ0) is 16.2. The Morgan fingerprint density at radius 2 is 1.91 bits per heavy atom. The van der Waals surface area contributed by atoms with Gasteiger partial charge in [-0.15, -0.1) is 0 Å². The maximum Gasteiger partial charge on any atom is 0.171 e. The van der Waals surface area contributed by atoms with E-state index in [1.165, 1.54) is 12.0 Å². The lowest BCUT2D eigenvalue weighted by Crippen LogP contribution is -2.42. The molecule has 3 atom stereocenters. The Kier molecular flexibility index (Phi) is 3.58. The average molecular weight is 316 g/mol. The number of rotatable bonds is 2. The molecule has 3 nitrogen and oxygen atoms in total. The van der Waals surface area contributed by atoms with Crippen LogP contribution in [0.3, 0.4) is 0 Å². The van der Waals surface area contributed by atoms with Crippen LogP contribution in [0.25, 0.3) is 0 Å². The minimum Gasteiger partial charge on any atom is -0.353 e. The van der Waals surface area contributed by atoms with Gasteiger partial charge in [-0.25, -0.2) is 0 Å². The monoisotopic (exact) mass is 316 g/mol. The largest absolute Gasteiger partial charge is 0.353 e. The highest BCUT2D eigenvalue weighted by Gasteiger charge is 2.53. The summed E-state index contributed by atoms with van der Waals surface area (Å²) in [4.78, 5) is 12.4. The lowest BCUT2D eigenvalue weighted by Gasteiger charge is -2.47. The number of fused-ring (bicyclic) bond motifs is 4. The number of methoxy groups -OCH3 is 2. The topological polar surface area (TPSA) is 35.5 Å². The van der Waals surface area contributed by atoms with Crippen LogP contribution in [0.4, 0.5) is 0 Å². The third-order valence-electron chi connectivity index (χ3n) is 7.28. The van der Waals surface area contributed by atoms with Crippen LogP contribution in [0.1, 0.15) is 58.3 Å². The molecule has 4 rings (SSSR count). The average Bonchev–Trinajstić information content (AvgIpc) is 2.89. The van der Waals surface area contributed by atoms with Crippen LogP contribution in [0.15, 0.2) is 22.8 Å². The summed E-state index contributed by atoms with van der Waals surface area (Å²) in [6.07, 6.45) is 10.5. The lowest BCUT2D eigenvalue weighted by atomic mass is 9.58. The Morgan fingerprint density at radius 3 is 2.65 bits per heavy atom. The summed E-state index contributed by atoms with van der Waals surface area (Å²) in [5, 5.41) is 0. The standard InChI is InChI=1S/C20H28O3/c1-19-10-8-15-14-9-11-20(22-2,23-3)12-13(14)4-5-16(15)17(19)6-7-18(19)21/h8,16-17H,4-7,9-12H2,1-3H3/t16?,17?,19-/m0/s1. The summed E-state index contributed by atoms with van der Waals surface area (Å²) in [6.45, 7) is 2.21. The molecule has 4 aliphatic carbocycles. The molecule has 0 saturated heterocycles. The van der Waals surface area contributed by atoms with Gasteiger partial charge in [-0.3, -0.25) is 4.79 Å². The van der Waals surface area contributed by atoms with Crippen molar-refractivity contribution in [2.24, 2.45) is 17.3 Å². The molecular weight excluding hydrogens is 288 g/mol. The van der Waals surface area contributed by atoms with Gasteiger partial charge in [-0.1, -0.05) is 18.6 Å². The SMILES string of the molecule is COC1(OC)CCC2=C(CCC3C2=CC[C@]2(C)C(=O)CCC32)C1. The predicted molar refractivity (Wildman–Crippen MR) is 88.9 cm³/mol. The summed E-state index contributed by atoms with van der Waals surface area (Å²) in [7, 11) is 3.52. The van der Waals surface area contributed by atoms with Gasteiger partial charge in [-0.05, 0) is 55.1 Å². The van der Waals surface area contributed by atoms with E-state index in [0.29, 0.717) is 17.6 Å². The van der Waals surface area contributed by atoms with E-state index in [2.05, 4.69) is 13.0 Å². The first kappa shape index (κ1) is 15.6. The number of hydrogen-bond acceptors (Lipinski definition) is 3. The van der Waals surface area contributed by atoms with Gasteiger partial charge in [0.15, 0.2) is 5.79 Å². The third-order valence-corrected chi connectivity index (χ3v) is 7.28. The molecule has 0 aromatic rings. The third kappa shape index (κ3) is 2.12. The number of allylic oxidation sites excluding steroid dienone is 3. The van der Waals surface area contributed by atoms with E-state index in [4.69, 9.17) is 9.47 Å². The molecule has 1 saturated carbocycles. The Hall–Kier alpha value is -0.930. The van der Waals surface area contributed by atoms with Crippen molar-refractivity contribution in [3.63, 3.8) is 0 Å². The number of carbonyl (C=O) groups excluding carboxylic acids is 1. The molecular formula is C20H28O3. The molecule has 3 heteroatoms. The van der Waals surface area contributed by atoms with Gasteiger partial charge in [0.1, 0.15) is 5.78 Å². The number of Topliss-reactive ketones (excluding diaryl/α,β-unsaturated/α-hetero) is 1. The quantitative estimate of drug-likeness (QED) is 0.717. The molecule has 0 N–H and O–H groups in total. The molecule has 4 aliphatic rings. The molecule has 0 aromatic carbocycles. The minimum atomic E-state index is -0.418. The second-order valence-electron chi connectivity index (χ2n) is 8.07. The van der Waals surface area contributed by atoms with E-state index in [1.807, 2.05) is 0 Å². The van der Waals surface area contributed by atoms with Gasteiger partial charge >= 0.3 is 0 Å². The molecule has 126 valence electrons. The lowest BCUT2D eigenvalue weighted by molar-refractivity contribution is -0.212. The van der Waals surface area contributed by atoms with Crippen LogP contribution in [-0.2, 0) is 14.3 Å². The van der Waals surface area contributed by atoms with E-state index >= 15 is 0 Å². The maximum atomic E-state index is 12.4. The van der Waals surface area contributed by atoms with Crippen LogP contribution in [0.5, 0.6) is 0 Å². The van der Waals surface area contributed by atoms with Crippen molar-refractivity contribution >= 4 is 5.78 Å². The van der Waals surface area contributed by atoms with Crippen LogP contribution < -0.4 is 0 Å². The van der Waals surface area contributed by atoms with E-state index in [-0.39, 0.29) is 5.41 Å². The molecule has 0 spiro atoms. The summed E-state index contributed by atoms with van der Waals surface area (Å²) in [5.74, 6) is 1.26. The summed E-state index contributed by atoms with van der Waals surface area (Å²) in [5.41, 5.74) is 4.61. The summed E-state index contributed by atoms with van der Waals surface area (Å²) >= 11 is 0. The summed E-state index contributed by atoms with van der Waals surface area (Å²) < 4.78 is 11.4. The van der Waals surface area contributed by atoms with Gasteiger partial charge in [0.25, 0.3) is 0 Å². The molecule has 23 heavy (non-hydrogen) atoms. The molecule has 0 amide bonds. The van der Waals surface area contributed by atoms with Crippen molar-refractivity contribution in [1.82, 2.24) is 0 Å². The van der Waals surface area contributed by atoms with Gasteiger partial charge in [0.05, 0.1) is 0 Å². The molecule has 2 unspecified atom stereocenters. The number of ketones is 1. The highest BCUT2D eigenvalue weighted by Crippen LogP contribution is 2.58. The minimum absolute atomic E-state index is 0.0796. The van der Waals surface area contributed by atoms with Crippen molar-refractivity contribution in [2.75, 3.05) is 14.2 Å². The van der Waals surface area contributed by atoms with Crippen molar-refractivity contribution in [3.8, 4) is 0 Å². The molecule has 0 aliphatic heterocycles. The van der Waals surface area contributed by atoms with Crippen molar-refractivity contribution in [2.45, 2.75) is 64.1 Å². The van der Waals surface area contributed by atoms with Gasteiger partial charge in [0, 0.05) is 38.9 Å².